The third-order valence-corrected chi connectivity index (χ3v) is 4.25. The Labute approximate surface area is 118 Å². The third-order valence-electron chi connectivity index (χ3n) is 4.25. The fourth-order valence-corrected chi connectivity index (χ4v) is 2.99. The molecule has 1 saturated carbocycles. The summed E-state index contributed by atoms with van der Waals surface area (Å²) in [6, 6.07) is 3.07. The first-order valence-corrected chi connectivity index (χ1v) is 6.94. The zero-order valence-electron chi connectivity index (χ0n) is 11.8. The molecule has 1 aromatic heterocycles. The highest BCUT2D eigenvalue weighted by Gasteiger charge is 2.31. The van der Waals surface area contributed by atoms with E-state index in [1.165, 1.54) is 18.6 Å². The summed E-state index contributed by atoms with van der Waals surface area (Å²) < 4.78 is 0. The summed E-state index contributed by atoms with van der Waals surface area (Å²) in [4.78, 5) is 14.7. The number of nitrogens with two attached hydrogens (primary N) is 1. The van der Waals surface area contributed by atoms with Gasteiger partial charge in [-0.1, -0.05) is 20.3 Å². The van der Waals surface area contributed by atoms with Crippen molar-refractivity contribution in [1.29, 1.82) is 0 Å². The Balaban J connectivity index is 2.17. The van der Waals surface area contributed by atoms with Crippen LogP contribution in [0.3, 0.4) is 0 Å². The van der Waals surface area contributed by atoms with Gasteiger partial charge in [0.2, 0.25) is 0 Å². The fourth-order valence-electron chi connectivity index (χ4n) is 2.99. The van der Waals surface area contributed by atoms with Crippen molar-refractivity contribution < 1.29 is 4.92 Å². The number of nitrogens with one attached hydrogen (secondary N) is 2. The van der Waals surface area contributed by atoms with Crippen molar-refractivity contribution in [2.45, 2.75) is 39.2 Å². The molecule has 2 rings (SSSR count). The van der Waals surface area contributed by atoms with Crippen molar-refractivity contribution >= 4 is 17.3 Å². The van der Waals surface area contributed by atoms with Crippen LogP contribution in [0.5, 0.6) is 0 Å². The number of anilines is 2. The lowest BCUT2D eigenvalue weighted by molar-refractivity contribution is -0.384. The second-order valence-corrected chi connectivity index (χ2v) is 5.35. The third kappa shape index (κ3) is 2.98. The molecule has 1 fully saturated rings. The summed E-state index contributed by atoms with van der Waals surface area (Å²) in [6.07, 6.45) is 3.42. The van der Waals surface area contributed by atoms with E-state index in [-0.39, 0.29) is 5.69 Å². The number of nitro groups is 1. The summed E-state index contributed by atoms with van der Waals surface area (Å²) in [7, 11) is 0. The minimum Gasteiger partial charge on any atom is -0.367 e. The van der Waals surface area contributed by atoms with E-state index in [0.717, 1.165) is 12.8 Å². The molecule has 1 aliphatic carbocycles. The summed E-state index contributed by atoms with van der Waals surface area (Å²) in [5, 5.41) is 14.2. The van der Waals surface area contributed by atoms with Gasteiger partial charge in [-0.3, -0.25) is 10.1 Å². The predicted molar refractivity (Wildman–Crippen MR) is 78.3 cm³/mol. The summed E-state index contributed by atoms with van der Waals surface area (Å²) in [5.41, 5.74) is 2.34. The standard InChI is InChI=1S/C13H21N5O2/c1-3-9-4-5-11(8(9)2)15-12-6-10(18(19)20)7-13(16-12)17-14/h6-9,11H,3-5,14H2,1-2H3,(H2,15,16,17). The van der Waals surface area contributed by atoms with E-state index in [1.807, 2.05) is 0 Å². The molecule has 3 unspecified atom stereocenters. The van der Waals surface area contributed by atoms with E-state index in [0.29, 0.717) is 29.5 Å². The van der Waals surface area contributed by atoms with E-state index in [9.17, 15) is 10.1 Å². The molecule has 0 radical (unpaired) electrons. The zero-order chi connectivity index (χ0) is 14.7. The molecule has 7 nitrogen and oxygen atoms in total. The van der Waals surface area contributed by atoms with Crippen LogP contribution in [0.15, 0.2) is 12.1 Å². The molecular weight excluding hydrogens is 258 g/mol. The quantitative estimate of drug-likeness (QED) is 0.434. The molecule has 4 N–H and O–H groups in total. The van der Waals surface area contributed by atoms with Gasteiger partial charge in [0.25, 0.3) is 5.69 Å². The second kappa shape index (κ2) is 6.04. The highest BCUT2D eigenvalue weighted by Crippen LogP contribution is 2.35. The van der Waals surface area contributed by atoms with Crippen LogP contribution in [-0.4, -0.2) is 15.9 Å². The van der Waals surface area contributed by atoms with E-state index >= 15 is 0 Å². The average molecular weight is 279 g/mol. The van der Waals surface area contributed by atoms with Crippen molar-refractivity contribution in [3.05, 3.63) is 22.2 Å². The summed E-state index contributed by atoms with van der Waals surface area (Å²) in [6.45, 7) is 4.42. The smallest absolute Gasteiger partial charge is 0.276 e. The maximum Gasteiger partial charge on any atom is 0.276 e. The van der Waals surface area contributed by atoms with Gasteiger partial charge < -0.3 is 10.7 Å². The first-order valence-electron chi connectivity index (χ1n) is 6.94. The first kappa shape index (κ1) is 14.5. The Morgan fingerprint density at radius 3 is 2.70 bits per heavy atom. The van der Waals surface area contributed by atoms with Crippen molar-refractivity contribution in [3.63, 3.8) is 0 Å². The van der Waals surface area contributed by atoms with Crippen molar-refractivity contribution in [1.82, 2.24) is 4.98 Å². The Morgan fingerprint density at radius 2 is 2.15 bits per heavy atom. The van der Waals surface area contributed by atoms with E-state index in [1.54, 1.807) is 0 Å². The fraction of sp³-hybridized carbons (Fsp3) is 0.615. The van der Waals surface area contributed by atoms with Crippen molar-refractivity contribution in [3.8, 4) is 0 Å². The lowest BCUT2D eigenvalue weighted by atomic mass is 9.93. The Hall–Kier alpha value is -1.89. The highest BCUT2D eigenvalue weighted by atomic mass is 16.6. The van der Waals surface area contributed by atoms with Crippen LogP contribution in [0.25, 0.3) is 0 Å². The lowest BCUT2D eigenvalue weighted by Crippen LogP contribution is -2.25. The highest BCUT2D eigenvalue weighted by molar-refractivity contribution is 5.54. The van der Waals surface area contributed by atoms with Gasteiger partial charge in [0.15, 0.2) is 0 Å². The Morgan fingerprint density at radius 1 is 1.45 bits per heavy atom. The van der Waals surface area contributed by atoms with Crippen LogP contribution in [0.2, 0.25) is 0 Å². The molecule has 0 amide bonds. The number of nitrogen functional groups attached to an aromatic ring is 1. The summed E-state index contributed by atoms with van der Waals surface area (Å²) >= 11 is 0. The van der Waals surface area contributed by atoms with Gasteiger partial charge in [-0.05, 0) is 24.7 Å². The number of hydrogen-bond acceptors (Lipinski definition) is 6. The van der Waals surface area contributed by atoms with Crippen LogP contribution < -0.4 is 16.6 Å². The van der Waals surface area contributed by atoms with E-state index < -0.39 is 4.92 Å². The molecule has 110 valence electrons. The molecule has 1 aliphatic rings. The molecule has 20 heavy (non-hydrogen) atoms. The van der Waals surface area contributed by atoms with E-state index in [4.69, 9.17) is 5.84 Å². The SMILES string of the molecule is CCC1CCC(Nc2cc([N+](=O)[O-])cc(NN)n2)C1C. The number of rotatable bonds is 5. The Kier molecular flexibility index (Phi) is 4.39. The lowest BCUT2D eigenvalue weighted by Gasteiger charge is -2.21. The molecule has 1 aromatic rings. The minimum atomic E-state index is -0.444. The van der Waals surface area contributed by atoms with Gasteiger partial charge in [-0.2, -0.15) is 0 Å². The molecule has 1 heterocycles. The molecule has 0 bridgehead atoms. The molecule has 0 aliphatic heterocycles. The normalized spacial score (nSPS) is 25.4. The number of hydrazine groups is 1. The van der Waals surface area contributed by atoms with Gasteiger partial charge in [-0.15, -0.1) is 0 Å². The van der Waals surface area contributed by atoms with Crippen molar-refractivity contribution in [2.75, 3.05) is 10.7 Å². The molecule has 0 aromatic carbocycles. The van der Waals surface area contributed by atoms with Crippen LogP contribution >= 0.6 is 0 Å². The minimum absolute atomic E-state index is 0.0202. The monoisotopic (exact) mass is 279 g/mol. The van der Waals surface area contributed by atoms with Crippen LogP contribution in [0.1, 0.15) is 33.1 Å². The van der Waals surface area contributed by atoms with Crippen LogP contribution in [-0.2, 0) is 0 Å². The van der Waals surface area contributed by atoms with Crippen LogP contribution in [0.4, 0.5) is 17.3 Å². The van der Waals surface area contributed by atoms with E-state index in [2.05, 4.69) is 29.6 Å². The first-order chi connectivity index (χ1) is 9.55. The summed E-state index contributed by atoms with van der Waals surface area (Å²) in [5.74, 6) is 7.34. The largest absolute Gasteiger partial charge is 0.367 e. The topological polar surface area (TPSA) is 106 Å². The number of hydrogen-bond donors (Lipinski definition) is 3. The van der Waals surface area contributed by atoms with Gasteiger partial charge in [0.1, 0.15) is 11.6 Å². The van der Waals surface area contributed by atoms with Gasteiger partial charge in [-0.25, -0.2) is 10.8 Å². The van der Waals surface area contributed by atoms with Gasteiger partial charge in [0.05, 0.1) is 17.1 Å². The van der Waals surface area contributed by atoms with Gasteiger partial charge >= 0.3 is 0 Å². The van der Waals surface area contributed by atoms with Crippen LogP contribution in [0, 0.1) is 22.0 Å². The van der Waals surface area contributed by atoms with Crippen molar-refractivity contribution in [2.24, 2.45) is 17.7 Å². The average Bonchev–Trinajstić information content (AvgIpc) is 2.79. The second-order valence-electron chi connectivity index (χ2n) is 5.35. The number of pyridine rings is 1. The molecule has 0 saturated heterocycles. The number of aromatic nitrogens is 1. The predicted octanol–water partition coefficient (Wildman–Crippen LogP) is 2.51. The Bertz CT molecular complexity index is 494. The number of nitrogens with zero attached hydrogens (tertiary/aromatic N) is 2. The molecular formula is C13H21N5O2. The zero-order valence-corrected chi connectivity index (χ0v) is 11.8. The van der Waals surface area contributed by atoms with Gasteiger partial charge in [0, 0.05) is 6.04 Å². The molecule has 3 atom stereocenters. The molecule has 7 heteroatoms. The molecule has 0 spiro atoms. The maximum absolute atomic E-state index is 10.9. The maximum atomic E-state index is 10.9.